The minimum atomic E-state index is -4.65. The van der Waals surface area contributed by atoms with Crippen LogP contribution in [0.4, 0.5) is 17.6 Å². The van der Waals surface area contributed by atoms with E-state index in [0.717, 1.165) is 36.1 Å². The summed E-state index contributed by atoms with van der Waals surface area (Å²) in [4.78, 5) is 32.2. The highest BCUT2D eigenvalue weighted by molar-refractivity contribution is 7.92. The number of nitrogens with zero attached hydrogens (tertiary/aromatic N) is 3. The van der Waals surface area contributed by atoms with E-state index in [1.807, 2.05) is 6.07 Å². The molecule has 1 aromatic heterocycles. The molecule has 16 heteroatoms. The van der Waals surface area contributed by atoms with Gasteiger partial charge in [0.25, 0.3) is 0 Å². The van der Waals surface area contributed by atoms with Crippen molar-refractivity contribution in [1.82, 2.24) is 15.2 Å². The van der Waals surface area contributed by atoms with Gasteiger partial charge in [0.15, 0.2) is 15.9 Å². The molecule has 0 radical (unpaired) electrons. The first-order chi connectivity index (χ1) is 20.1. The van der Waals surface area contributed by atoms with Gasteiger partial charge in [-0.25, -0.2) is 12.8 Å². The Hall–Kier alpha value is -2.99. The number of amides is 2. The Bertz CT molecular complexity index is 1640. The number of nitriles is 1. The third-order valence-corrected chi connectivity index (χ3v) is 10.9. The third-order valence-electron chi connectivity index (χ3n) is 8.01. The third kappa shape index (κ3) is 5.68. The van der Waals surface area contributed by atoms with Crippen LogP contribution in [0.25, 0.3) is 0 Å². The van der Waals surface area contributed by atoms with Crippen LogP contribution < -0.4 is 10.1 Å². The summed E-state index contributed by atoms with van der Waals surface area (Å²) in [6.45, 7) is 0.581. The Morgan fingerprint density at radius 1 is 1.21 bits per heavy atom. The molecule has 2 amide bonds. The molecular formula is C27H24Cl2F4N4O5S. The van der Waals surface area contributed by atoms with E-state index in [2.05, 4.69) is 10.3 Å². The van der Waals surface area contributed by atoms with Crippen LogP contribution in [-0.2, 0) is 24.8 Å². The molecule has 1 aromatic carbocycles. The maximum atomic E-state index is 14.8. The van der Waals surface area contributed by atoms with Crippen molar-refractivity contribution in [2.45, 2.75) is 78.4 Å². The molecule has 9 nitrogen and oxygen atoms in total. The molecule has 2 saturated carbocycles. The first-order valence-corrected chi connectivity index (χ1v) is 15.5. The largest absolute Gasteiger partial charge is 0.481 e. The smallest absolute Gasteiger partial charge is 0.425 e. The number of halogens is 6. The van der Waals surface area contributed by atoms with Crippen LogP contribution in [0.1, 0.15) is 44.7 Å². The summed E-state index contributed by atoms with van der Waals surface area (Å²) in [7, 11) is -4.21. The molecule has 43 heavy (non-hydrogen) atoms. The Labute approximate surface area is 254 Å². The number of alkyl halides is 3. The SMILES string of the molecule is C[C@H](Oc1ccc(S(=O)(=O)[C@H]2CN[C@H](C(=O)N(C(=O)C3(c4ncc(Cl)cc4F)CC3)C3(C#N)CC3)C2)c(Cl)c1)C(F)(F)F. The number of rotatable bonds is 8. The number of hydrogen-bond acceptors (Lipinski definition) is 8. The van der Waals surface area contributed by atoms with Crippen molar-refractivity contribution in [1.29, 1.82) is 5.26 Å². The monoisotopic (exact) mass is 662 g/mol. The summed E-state index contributed by atoms with van der Waals surface area (Å²) in [6, 6.07) is 4.89. The van der Waals surface area contributed by atoms with Gasteiger partial charge in [0.2, 0.25) is 11.8 Å². The van der Waals surface area contributed by atoms with Crippen LogP contribution >= 0.6 is 23.2 Å². The van der Waals surface area contributed by atoms with E-state index in [1.54, 1.807) is 0 Å². The van der Waals surface area contributed by atoms with Crippen molar-refractivity contribution >= 4 is 44.9 Å². The van der Waals surface area contributed by atoms with Crippen molar-refractivity contribution in [2.75, 3.05) is 6.54 Å². The second-order valence-corrected chi connectivity index (χ2v) is 14.0. The number of nitrogens with one attached hydrogen (secondary N) is 1. The van der Waals surface area contributed by atoms with E-state index in [4.69, 9.17) is 27.9 Å². The lowest BCUT2D eigenvalue weighted by Gasteiger charge is -2.31. The van der Waals surface area contributed by atoms with Gasteiger partial charge in [-0.1, -0.05) is 23.2 Å². The van der Waals surface area contributed by atoms with Crippen molar-refractivity contribution < 1.29 is 40.3 Å². The van der Waals surface area contributed by atoms with E-state index in [0.29, 0.717) is 0 Å². The zero-order valence-corrected chi connectivity index (χ0v) is 24.7. The van der Waals surface area contributed by atoms with Gasteiger partial charge in [-0.3, -0.25) is 19.5 Å². The average molecular weight is 663 g/mol. The van der Waals surface area contributed by atoms with Gasteiger partial charge >= 0.3 is 6.18 Å². The summed E-state index contributed by atoms with van der Waals surface area (Å²) in [5, 5.41) is 11.2. The lowest BCUT2D eigenvalue weighted by atomic mass is 9.96. The predicted octanol–water partition coefficient (Wildman–Crippen LogP) is 4.50. The molecule has 0 unspecified atom stereocenters. The fourth-order valence-corrected chi connectivity index (χ4v) is 7.53. The number of imide groups is 1. The highest BCUT2D eigenvalue weighted by Crippen LogP contribution is 2.53. The van der Waals surface area contributed by atoms with Gasteiger partial charge in [0, 0.05) is 18.8 Å². The van der Waals surface area contributed by atoms with Crippen LogP contribution in [-0.4, -0.2) is 65.8 Å². The Morgan fingerprint density at radius 3 is 2.42 bits per heavy atom. The number of carbonyl (C=O) groups excluding carboxylic acids is 2. The number of hydrogen-bond donors (Lipinski definition) is 1. The van der Waals surface area contributed by atoms with Gasteiger partial charge in [0.1, 0.15) is 17.1 Å². The van der Waals surface area contributed by atoms with E-state index < -0.39 is 62.0 Å². The van der Waals surface area contributed by atoms with Crippen LogP contribution in [0.5, 0.6) is 5.75 Å². The normalized spacial score (nSPS) is 22.7. The minimum Gasteiger partial charge on any atom is -0.481 e. The molecule has 2 aromatic rings. The topological polar surface area (TPSA) is 129 Å². The van der Waals surface area contributed by atoms with E-state index >= 15 is 0 Å². The summed E-state index contributed by atoms with van der Waals surface area (Å²) >= 11 is 12.0. The molecule has 5 rings (SSSR count). The fraction of sp³-hybridized carbons (Fsp3) is 0.481. The summed E-state index contributed by atoms with van der Waals surface area (Å²) in [5.74, 6) is -2.71. The molecule has 1 aliphatic heterocycles. The number of sulfone groups is 1. The number of carbonyl (C=O) groups is 2. The van der Waals surface area contributed by atoms with Gasteiger partial charge in [-0.05, 0) is 57.2 Å². The second kappa shape index (κ2) is 10.9. The van der Waals surface area contributed by atoms with Gasteiger partial charge in [-0.2, -0.15) is 18.4 Å². The molecule has 0 spiro atoms. The van der Waals surface area contributed by atoms with Gasteiger partial charge < -0.3 is 10.1 Å². The number of ether oxygens (including phenoxy) is 1. The zero-order chi connectivity index (χ0) is 31.5. The molecule has 1 N–H and O–H groups in total. The highest BCUT2D eigenvalue weighted by Gasteiger charge is 2.64. The molecule has 1 saturated heterocycles. The first kappa shape index (κ1) is 31.4. The molecule has 2 aliphatic carbocycles. The second-order valence-electron chi connectivity index (χ2n) is 10.9. The van der Waals surface area contributed by atoms with Crippen LogP contribution in [0.2, 0.25) is 10.0 Å². The van der Waals surface area contributed by atoms with Gasteiger partial charge in [-0.15, -0.1) is 0 Å². The lowest BCUT2D eigenvalue weighted by Crippen LogP contribution is -2.55. The van der Waals surface area contributed by atoms with E-state index in [-0.39, 0.29) is 65.0 Å². The molecule has 3 atom stereocenters. The lowest BCUT2D eigenvalue weighted by molar-refractivity contribution is -0.189. The first-order valence-electron chi connectivity index (χ1n) is 13.2. The highest BCUT2D eigenvalue weighted by atomic mass is 35.5. The number of benzene rings is 1. The quantitative estimate of drug-likeness (QED) is 0.323. The van der Waals surface area contributed by atoms with Crippen molar-refractivity contribution in [3.8, 4) is 11.8 Å². The van der Waals surface area contributed by atoms with E-state index in [9.17, 15) is 40.8 Å². The van der Waals surface area contributed by atoms with Crippen LogP contribution in [0.3, 0.4) is 0 Å². The van der Waals surface area contributed by atoms with Crippen LogP contribution in [0, 0.1) is 17.1 Å². The Morgan fingerprint density at radius 2 is 1.88 bits per heavy atom. The summed E-state index contributed by atoms with van der Waals surface area (Å²) in [6.07, 6.45) is -5.11. The maximum absolute atomic E-state index is 14.8. The molecule has 2 heterocycles. The average Bonchev–Trinajstić information content (AvgIpc) is 3.84. The molecule has 3 aliphatic rings. The van der Waals surface area contributed by atoms with Crippen LogP contribution in [0.15, 0.2) is 35.4 Å². The number of pyridine rings is 1. The van der Waals surface area contributed by atoms with Crippen molar-refractivity contribution in [2.24, 2.45) is 0 Å². The maximum Gasteiger partial charge on any atom is 0.425 e. The fourth-order valence-electron chi connectivity index (χ4n) is 5.19. The number of aromatic nitrogens is 1. The minimum absolute atomic E-state index is 0.0219. The zero-order valence-electron chi connectivity index (χ0n) is 22.4. The molecule has 3 fully saturated rings. The van der Waals surface area contributed by atoms with Crippen molar-refractivity contribution in [3.05, 3.63) is 52.0 Å². The van der Waals surface area contributed by atoms with Crippen molar-refractivity contribution in [3.63, 3.8) is 0 Å². The predicted molar refractivity (Wildman–Crippen MR) is 145 cm³/mol. The standard InChI is InChI=1S/C27H24Cl2F4N4O5S/c1-14(27(31,32)33)42-16-2-3-21(18(29)9-16)43(40,41)17-10-20(35-12-17)23(38)37(25(13-34)4-5-25)24(39)26(6-7-26)22-19(30)8-15(28)11-36-22/h2-3,8-9,11,14,17,20,35H,4-7,10,12H2,1H3/t14-,17+,20-/m0/s1. The van der Waals surface area contributed by atoms with Gasteiger partial charge in [0.05, 0.1) is 43.4 Å². The summed E-state index contributed by atoms with van der Waals surface area (Å²) in [5.41, 5.74) is -3.08. The Balaban J connectivity index is 1.36. The van der Waals surface area contributed by atoms with E-state index in [1.165, 1.54) is 6.20 Å². The summed E-state index contributed by atoms with van der Waals surface area (Å²) < 4.78 is 85.1. The molecular weight excluding hydrogens is 639 g/mol. The Kier molecular flexibility index (Phi) is 7.95. The molecule has 230 valence electrons. The molecule has 0 bridgehead atoms.